The summed E-state index contributed by atoms with van der Waals surface area (Å²) in [6.07, 6.45) is 6.21. The van der Waals surface area contributed by atoms with Crippen molar-refractivity contribution >= 4 is 29.1 Å². The molecule has 0 spiro atoms. The number of ether oxygens (including phenoxy) is 1. The minimum absolute atomic E-state index is 0.197. The third-order valence-electron chi connectivity index (χ3n) is 3.63. The molecular weight excluding hydrogens is 311 g/mol. The van der Waals surface area contributed by atoms with Crippen molar-refractivity contribution in [1.29, 1.82) is 0 Å². The Kier molecular flexibility index (Phi) is 6.15. The second kappa shape index (κ2) is 7.87. The Bertz CT molecular complexity index is 503. The maximum Gasteiger partial charge on any atom is 0.255 e. The van der Waals surface area contributed by atoms with Crippen LogP contribution < -0.4 is 15.8 Å². The standard InChI is InChI=1S/C15H20Cl2N2O2/c16-11-6-10(8-19-12-4-2-1-3-5-12)15(13(17)7-11)21-9-14(18)20/h6-7,12,19H,1-5,8-9H2,(H2,18,20). The predicted octanol–water partition coefficient (Wildman–Crippen LogP) is 3.28. The second-order valence-corrected chi connectivity index (χ2v) is 6.19. The van der Waals surface area contributed by atoms with Gasteiger partial charge in [-0.05, 0) is 25.0 Å². The van der Waals surface area contributed by atoms with Gasteiger partial charge < -0.3 is 15.8 Å². The van der Waals surface area contributed by atoms with Gasteiger partial charge in [0.15, 0.2) is 6.61 Å². The van der Waals surface area contributed by atoms with E-state index in [1.807, 2.05) is 0 Å². The molecule has 0 aromatic heterocycles. The summed E-state index contributed by atoms with van der Waals surface area (Å²) < 4.78 is 5.42. The van der Waals surface area contributed by atoms with Gasteiger partial charge in [-0.15, -0.1) is 0 Å². The van der Waals surface area contributed by atoms with Gasteiger partial charge in [0.25, 0.3) is 5.91 Å². The molecule has 1 saturated carbocycles. The lowest BCUT2D eigenvalue weighted by atomic mass is 9.95. The van der Waals surface area contributed by atoms with E-state index in [-0.39, 0.29) is 6.61 Å². The first kappa shape index (κ1) is 16.4. The minimum atomic E-state index is -0.535. The lowest BCUT2D eigenvalue weighted by Gasteiger charge is -2.23. The summed E-state index contributed by atoms with van der Waals surface area (Å²) in [4.78, 5) is 10.9. The Morgan fingerprint density at radius 3 is 2.67 bits per heavy atom. The summed E-state index contributed by atoms with van der Waals surface area (Å²) in [6.45, 7) is 0.414. The number of hydrogen-bond donors (Lipinski definition) is 2. The fourth-order valence-electron chi connectivity index (χ4n) is 2.61. The Morgan fingerprint density at radius 1 is 1.29 bits per heavy atom. The number of benzene rings is 1. The summed E-state index contributed by atoms with van der Waals surface area (Å²) in [5.74, 6) is -0.0598. The number of amides is 1. The molecule has 0 saturated heterocycles. The molecule has 1 aliphatic rings. The summed E-state index contributed by atoms with van der Waals surface area (Å²) >= 11 is 12.2. The van der Waals surface area contributed by atoms with Gasteiger partial charge in [0.1, 0.15) is 5.75 Å². The molecule has 1 aliphatic carbocycles. The van der Waals surface area contributed by atoms with Crippen LogP contribution in [-0.4, -0.2) is 18.6 Å². The van der Waals surface area contributed by atoms with Gasteiger partial charge >= 0.3 is 0 Å². The van der Waals surface area contributed by atoms with Crippen LogP contribution in [-0.2, 0) is 11.3 Å². The maximum absolute atomic E-state index is 10.9. The molecule has 2 rings (SSSR count). The highest BCUT2D eigenvalue weighted by Gasteiger charge is 2.16. The zero-order chi connectivity index (χ0) is 15.2. The SMILES string of the molecule is NC(=O)COc1c(Cl)cc(Cl)cc1CNC1CCCCC1. The van der Waals surface area contributed by atoms with Gasteiger partial charge in [-0.2, -0.15) is 0 Å². The number of nitrogens with one attached hydrogen (secondary N) is 1. The highest BCUT2D eigenvalue weighted by molar-refractivity contribution is 6.35. The predicted molar refractivity (Wildman–Crippen MR) is 84.9 cm³/mol. The van der Waals surface area contributed by atoms with E-state index in [9.17, 15) is 4.79 Å². The molecule has 6 heteroatoms. The Hall–Kier alpha value is -0.970. The van der Waals surface area contributed by atoms with Crippen LogP contribution in [0.5, 0.6) is 5.75 Å². The first-order valence-electron chi connectivity index (χ1n) is 7.18. The summed E-state index contributed by atoms with van der Waals surface area (Å²) in [5.41, 5.74) is 5.96. The average Bonchev–Trinajstić information content (AvgIpc) is 2.44. The summed E-state index contributed by atoms with van der Waals surface area (Å²) in [6, 6.07) is 3.92. The lowest BCUT2D eigenvalue weighted by molar-refractivity contribution is -0.119. The number of nitrogens with two attached hydrogens (primary N) is 1. The van der Waals surface area contributed by atoms with E-state index in [0.29, 0.717) is 28.4 Å². The molecule has 1 aromatic carbocycles. The van der Waals surface area contributed by atoms with Crippen LogP contribution in [0.1, 0.15) is 37.7 Å². The van der Waals surface area contributed by atoms with E-state index in [1.54, 1.807) is 12.1 Å². The smallest absolute Gasteiger partial charge is 0.255 e. The molecule has 0 radical (unpaired) electrons. The normalized spacial score (nSPS) is 15.9. The zero-order valence-electron chi connectivity index (χ0n) is 11.8. The van der Waals surface area contributed by atoms with Crippen molar-refractivity contribution in [3.63, 3.8) is 0 Å². The topological polar surface area (TPSA) is 64.4 Å². The van der Waals surface area contributed by atoms with Gasteiger partial charge in [0.2, 0.25) is 0 Å². The van der Waals surface area contributed by atoms with E-state index in [4.69, 9.17) is 33.7 Å². The molecule has 21 heavy (non-hydrogen) atoms. The Balaban J connectivity index is 2.06. The summed E-state index contributed by atoms with van der Waals surface area (Å²) in [5, 5.41) is 4.45. The fourth-order valence-corrected chi connectivity index (χ4v) is 3.20. The number of halogens is 2. The van der Waals surface area contributed by atoms with Crippen LogP contribution in [0.25, 0.3) is 0 Å². The first-order valence-corrected chi connectivity index (χ1v) is 7.94. The first-order chi connectivity index (χ1) is 10.1. The Morgan fingerprint density at radius 2 is 2.00 bits per heavy atom. The molecule has 0 aliphatic heterocycles. The van der Waals surface area contributed by atoms with Gasteiger partial charge in [0.05, 0.1) is 5.02 Å². The molecule has 4 nitrogen and oxygen atoms in total. The van der Waals surface area contributed by atoms with Gasteiger partial charge in [-0.3, -0.25) is 4.79 Å². The minimum Gasteiger partial charge on any atom is -0.482 e. The van der Waals surface area contributed by atoms with Gasteiger partial charge in [0, 0.05) is 23.2 Å². The Labute approximate surface area is 134 Å². The molecule has 3 N–H and O–H groups in total. The van der Waals surface area contributed by atoms with Crippen molar-refractivity contribution in [2.75, 3.05) is 6.61 Å². The van der Waals surface area contributed by atoms with Crippen molar-refractivity contribution in [2.45, 2.75) is 44.7 Å². The highest BCUT2D eigenvalue weighted by Crippen LogP contribution is 2.32. The van der Waals surface area contributed by atoms with E-state index in [0.717, 1.165) is 5.56 Å². The van der Waals surface area contributed by atoms with Crippen LogP contribution in [0.2, 0.25) is 10.0 Å². The van der Waals surface area contributed by atoms with Gasteiger partial charge in [-0.1, -0.05) is 42.5 Å². The van der Waals surface area contributed by atoms with Crippen LogP contribution >= 0.6 is 23.2 Å². The van der Waals surface area contributed by atoms with Crippen molar-refractivity contribution in [2.24, 2.45) is 5.73 Å². The van der Waals surface area contributed by atoms with E-state index < -0.39 is 5.91 Å². The van der Waals surface area contributed by atoms with Gasteiger partial charge in [-0.25, -0.2) is 0 Å². The molecule has 116 valence electrons. The van der Waals surface area contributed by atoms with E-state index >= 15 is 0 Å². The van der Waals surface area contributed by atoms with Crippen LogP contribution in [0, 0.1) is 0 Å². The van der Waals surface area contributed by atoms with Crippen LogP contribution in [0.4, 0.5) is 0 Å². The van der Waals surface area contributed by atoms with Crippen molar-refractivity contribution in [3.05, 3.63) is 27.7 Å². The lowest BCUT2D eigenvalue weighted by Crippen LogP contribution is -2.30. The number of carbonyl (C=O) groups excluding carboxylic acids is 1. The average molecular weight is 331 g/mol. The quantitative estimate of drug-likeness (QED) is 0.841. The number of hydrogen-bond acceptors (Lipinski definition) is 3. The third-order valence-corrected chi connectivity index (χ3v) is 4.13. The monoisotopic (exact) mass is 330 g/mol. The molecule has 1 fully saturated rings. The number of carbonyl (C=O) groups is 1. The molecule has 1 aromatic rings. The maximum atomic E-state index is 10.9. The molecule has 0 atom stereocenters. The molecule has 0 bridgehead atoms. The molecule has 0 unspecified atom stereocenters. The van der Waals surface area contributed by atoms with Crippen molar-refractivity contribution in [1.82, 2.24) is 5.32 Å². The zero-order valence-corrected chi connectivity index (χ0v) is 13.3. The largest absolute Gasteiger partial charge is 0.482 e. The van der Waals surface area contributed by atoms with E-state index in [1.165, 1.54) is 32.1 Å². The molecular formula is C15H20Cl2N2O2. The summed E-state index contributed by atoms with van der Waals surface area (Å²) in [7, 11) is 0. The third kappa shape index (κ3) is 5.06. The fraction of sp³-hybridized carbons (Fsp3) is 0.533. The van der Waals surface area contributed by atoms with Crippen molar-refractivity contribution in [3.8, 4) is 5.75 Å². The second-order valence-electron chi connectivity index (χ2n) is 5.35. The number of rotatable bonds is 6. The van der Waals surface area contributed by atoms with Crippen LogP contribution in [0.15, 0.2) is 12.1 Å². The van der Waals surface area contributed by atoms with Crippen LogP contribution in [0.3, 0.4) is 0 Å². The highest BCUT2D eigenvalue weighted by atomic mass is 35.5. The number of primary amides is 1. The van der Waals surface area contributed by atoms with Crippen molar-refractivity contribution < 1.29 is 9.53 Å². The molecule has 0 heterocycles. The van der Waals surface area contributed by atoms with E-state index in [2.05, 4.69) is 5.32 Å². The molecule has 1 amide bonds.